The number of anilines is 2. The summed E-state index contributed by atoms with van der Waals surface area (Å²) in [6.07, 6.45) is -0.960. The quantitative estimate of drug-likeness (QED) is 0.546. The van der Waals surface area contributed by atoms with Crippen LogP contribution in [0.1, 0.15) is 62.0 Å². The molecule has 2 aromatic rings. The Balaban J connectivity index is 1.51. The van der Waals surface area contributed by atoms with Gasteiger partial charge in [-0.1, -0.05) is 26.0 Å². The minimum Gasteiger partial charge on any atom is -0.376 e. The fourth-order valence-corrected chi connectivity index (χ4v) is 5.24. The second-order valence-corrected chi connectivity index (χ2v) is 10.8. The molecule has 2 heterocycles. The molecule has 1 saturated carbocycles. The van der Waals surface area contributed by atoms with E-state index in [1.807, 2.05) is 0 Å². The van der Waals surface area contributed by atoms with Gasteiger partial charge in [-0.2, -0.15) is 23.5 Å². The van der Waals surface area contributed by atoms with Crippen LogP contribution in [0.2, 0.25) is 0 Å². The van der Waals surface area contributed by atoms with Gasteiger partial charge in [-0.15, -0.1) is 0 Å². The Hall–Kier alpha value is -3.10. The predicted molar refractivity (Wildman–Crippen MR) is 127 cm³/mol. The number of aromatic nitrogens is 2. The maximum Gasteiger partial charge on any atom is 0.421 e. The van der Waals surface area contributed by atoms with E-state index >= 15 is 0 Å². The van der Waals surface area contributed by atoms with Crippen LogP contribution in [0.15, 0.2) is 30.5 Å². The number of nitrogens with two attached hydrogens (primary N) is 1. The summed E-state index contributed by atoms with van der Waals surface area (Å²) in [6, 6.07) is 7.55. The number of hydrogen-bond acceptors (Lipinski definition) is 6. The lowest BCUT2D eigenvalue weighted by molar-refractivity contribution is -0.258. The number of benzene rings is 1. The van der Waals surface area contributed by atoms with Crippen LogP contribution >= 0.6 is 0 Å². The van der Waals surface area contributed by atoms with Gasteiger partial charge in [-0.3, -0.25) is 14.4 Å². The molecular formula is C25H31F3N6O2. The number of hydrogen-bond donors (Lipinski definition) is 3. The largest absolute Gasteiger partial charge is 0.421 e. The summed E-state index contributed by atoms with van der Waals surface area (Å²) >= 11 is 0. The van der Waals surface area contributed by atoms with Gasteiger partial charge in [0.2, 0.25) is 0 Å². The normalized spacial score (nSPS) is 25.9. The van der Waals surface area contributed by atoms with E-state index in [1.54, 1.807) is 4.68 Å². The molecule has 1 aromatic carbocycles. The zero-order chi connectivity index (χ0) is 26.5. The maximum absolute atomic E-state index is 13.1. The van der Waals surface area contributed by atoms with E-state index in [0.29, 0.717) is 30.5 Å². The summed E-state index contributed by atoms with van der Waals surface area (Å²) in [5, 5.41) is 27.2. The van der Waals surface area contributed by atoms with Gasteiger partial charge >= 0.3 is 6.18 Å². The van der Waals surface area contributed by atoms with E-state index in [4.69, 9.17) is 5.73 Å². The van der Waals surface area contributed by atoms with Gasteiger partial charge in [-0.05, 0) is 49.3 Å². The molecule has 0 unspecified atom stereocenters. The number of likely N-dealkylation sites (tertiary alicyclic amines) is 1. The van der Waals surface area contributed by atoms with Crippen molar-refractivity contribution in [2.45, 2.75) is 63.9 Å². The van der Waals surface area contributed by atoms with E-state index in [1.165, 1.54) is 18.3 Å². The van der Waals surface area contributed by atoms with Crippen LogP contribution < -0.4 is 11.1 Å². The molecule has 0 spiro atoms. The number of aliphatic hydroxyl groups is 1. The van der Waals surface area contributed by atoms with Crippen LogP contribution in [-0.4, -0.2) is 51.0 Å². The Morgan fingerprint density at radius 2 is 1.89 bits per heavy atom. The first-order chi connectivity index (χ1) is 16.7. The molecule has 1 saturated heterocycles. The van der Waals surface area contributed by atoms with Gasteiger partial charge < -0.3 is 16.2 Å². The Bertz CT molecular complexity index is 1160. The molecule has 4 N–H and O–H groups in total. The van der Waals surface area contributed by atoms with Crippen molar-refractivity contribution in [2.24, 2.45) is 17.1 Å². The smallest absolute Gasteiger partial charge is 0.376 e. The van der Waals surface area contributed by atoms with Crippen molar-refractivity contribution in [3.05, 3.63) is 41.6 Å². The number of amides is 1. The summed E-state index contributed by atoms with van der Waals surface area (Å²) in [5.74, 6) is -0.851. The first kappa shape index (κ1) is 26.0. The molecule has 2 aliphatic rings. The van der Waals surface area contributed by atoms with E-state index in [-0.39, 0.29) is 28.9 Å². The van der Waals surface area contributed by atoms with Gasteiger partial charge in [0.05, 0.1) is 18.0 Å². The number of primary amides is 1. The molecule has 1 amide bonds. The Morgan fingerprint density at radius 3 is 2.42 bits per heavy atom. The van der Waals surface area contributed by atoms with Crippen molar-refractivity contribution in [2.75, 3.05) is 18.4 Å². The monoisotopic (exact) mass is 504 g/mol. The number of rotatable bonds is 6. The molecule has 4 rings (SSSR count). The van der Waals surface area contributed by atoms with Gasteiger partial charge in [0.25, 0.3) is 5.91 Å². The van der Waals surface area contributed by atoms with Crippen molar-refractivity contribution in [3.8, 4) is 6.07 Å². The molecule has 0 radical (unpaired) electrons. The number of alkyl halides is 3. The van der Waals surface area contributed by atoms with E-state index in [0.717, 1.165) is 38.1 Å². The van der Waals surface area contributed by atoms with Crippen molar-refractivity contribution in [1.29, 1.82) is 5.26 Å². The minimum atomic E-state index is -4.83. The Kier molecular flexibility index (Phi) is 6.56. The molecule has 0 bridgehead atoms. The third-order valence-electron chi connectivity index (χ3n) is 7.33. The molecule has 36 heavy (non-hydrogen) atoms. The highest BCUT2D eigenvalue weighted by atomic mass is 19.4. The number of carbonyl (C=O) groups excluding carboxylic acids is 1. The molecule has 11 heteroatoms. The van der Waals surface area contributed by atoms with Crippen molar-refractivity contribution >= 4 is 17.4 Å². The van der Waals surface area contributed by atoms with Gasteiger partial charge in [-0.25, -0.2) is 0 Å². The standard InChI is InChI=1S/C25H31F3N6O2/c1-23(2)13-33(14-23)18-8-9-20(15(10-18)11-29)34-12-19(21(30)35)22(32-34)31-17-6-4-16(5-7-17)24(3,36)25(26,27)28/h4-7,12,15,18,20,36H,8-10,13-14H2,1-3H3,(H2,30,35)(H,31,32)/t15-,18+,20+,24+/m1/s1. The number of halogens is 3. The average Bonchev–Trinajstić information content (AvgIpc) is 3.20. The summed E-state index contributed by atoms with van der Waals surface area (Å²) in [6.45, 7) is 7.17. The lowest BCUT2D eigenvalue weighted by Crippen LogP contribution is -2.58. The number of nitrogens with one attached hydrogen (secondary N) is 1. The molecule has 4 atom stereocenters. The summed E-state index contributed by atoms with van der Waals surface area (Å²) < 4.78 is 41.0. The molecular weight excluding hydrogens is 473 g/mol. The third-order valence-corrected chi connectivity index (χ3v) is 7.33. The first-order valence-corrected chi connectivity index (χ1v) is 11.9. The lowest BCUT2D eigenvalue weighted by atomic mass is 9.77. The Labute approximate surface area is 207 Å². The number of nitriles is 1. The highest BCUT2D eigenvalue weighted by Crippen LogP contribution is 2.41. The fraction of sp³-hybridized carbons (Fsp3) is 0.560. The third kappa shape index (κ3) is 4.92. The lowest BCUT2D eigenvalue weighted by Gasteiger charge is -2.52. The predicted octanol–water partition coefficient (Wildman–Crippen LogP) is 4.07. The SMILES string of the molecule is CC1(C)CN([C@H]2CC[C@H](n3cc(C(N)=O)c(Nc4ccc([C@](C)(O)C(F)(F)F)cc4)n3)[C@@H](C#N)C2)C1. The van der Waals surface area contributed by atoms with Crippen LogP contribution in [0.3, 0.4) is 0 Å². The van der Waals surface area contributed by atoms with Crippen molar-refractivity contribution in [1.82, 2.24) is 14.7 Å². The molecule has 194 valence electrons. The average molecular weight is 505 g/mol. The van der Waals surface area contributed by atoms with Crippen LogP contribution in [0, 0.1) is 22.7 Å². The van der Waals surface area contributed by atoms with Crippen LogP contribution in [0.5, 0.6) is 0 Å². The second-order valence-electron chi connectivity index (χ2n) is 10.8. The number of carbonyl (C=O) groups is 1. The highest BCUT2D eigenvalue weighted by molar-refractivity contribution is 5.98. The van der Waals surface area contributed by atoms with E-state index < -0.39 is 17.7 Å². The van der Waals surface area contributed by atoms with Gasteiger partial charge in [0, 0.05) is 31.0 Å². The molecule has 8 nitrogen and oxygen atoms in total. The molecule has 1 aliphatic heterocycles. The first-order valence-electron chi connectivity index (χ1n) is 11.9. The summed E-state index contributed by atoms with van der Waals surface area (Å²) in [4.78, 5) is 14.5. The van der Waals surface area contributed by atoms with Crippen molar-refractivity contribution in [3.63, 3.8) is 0 Å². The van der Waals surface area contributed by atoms with Crippen LogP contribution in [-0.2, 0) is 5.60 Å². The van der Waals surface area contributed by atoms with Gasteiger partial charge in [0.1, 0.15) is 5.56 Å². The maximum atomic E-state index is 13.1. The molecule has 1 aliphatic carbocycles. The molecule has 2 fully saturated rings. The zero-order valence-corrected chi connectivity index (χ0v) is 20.5. The van der Waals surface area contributed by atoms with E-state index in [9.17, 15) is 28.3 Å². The number of nitrogens with zero attached hydrogens (tertiary/aromatic N) is 4. The zero-order valence-electron chi connectivity index (χ0n) is 20.5. The summed E-state index contributed by atoms with van der Waals surface area (Å²) in [5.41, 5.74) is 3.03. The van der Waals surface area contributed by atoms with Crippen LogP contribution in [0.4, 0.5) is 24.7 Å². The van der Waals surface area contributed by atoms with Crippen LogP contribution in [0.25, 0.3) is 0 Å². The molecule has 1 aromatic heterocycles. The Morgan fingerprint density at radius 1 is 1.25 bits per heavy atom. The summed E-state index contributed by atoms with van der Waals surface area (Å²) in [7, 11) is 0. The second kappa shape index (κ2) is 9.09. The topological polar surface area (TPSA) is 120 Å². The van der Waals surface area contributed by atoms with Gasteiger partial charge in [0.15, 0.2) is 11.4 Å². The minimum absolute atomic E-state index is 0.115. The van der Waals surface area contributed by atoms with Crippen molar-refractivity contribution < 1.29 is 23.1 Å². The van der Waals surface area contributed by atoms with E-state index in [2.05, 4.69) is 35.2 Å². The fourth-order valence-electron chi connectivity index (χ4n) is 5.24. The highest BCUT2D eigenvalue weighted by Gasteiger charge is 2.51.